The van der Waals surface area contributed by atoms with Gasteiger partial charge in [0.15, 0.2) is 0 Å². The lowest BCUT2D eigenvalue weighted by Gasteiger charge is -2.21. The number of nitrogens with zero attached hydrogens (tertiary/aromatic N) is 1. The van der Waals surface area contributed by atoms with Gasteiger partial charge in [-0.15, -0.1) is 0 Å². The number of amides is 1. The van der Waals surface area contributed by atoms with Crippen LogP contribution >= 0.6 is 0 Å². The highest BCUT2D eigenvalue weighted by molar-refractivity contribution is 5.93. The molecule has 0 heterocycles. The highest BCUT2D eigenvalue weighted by Gasteiger charge is 2.13. The van der Waals surface area contributed by atoms with Gasteiger partial charge in [0.25, 0.3) is 0 Å². The van der Waals surface area contributed by atoms with Crippen molar-refractivity contribution in [2.45, 2.75) is 39.5 Å². The van der Waals surface area contributed by atoms with Crippen molar-refractivity contribution in [1.82, 2.24) is 0 Å². The Kier molecular flexibility index (Phi) is 6.06. The van der Waals surface area contributed by atoms with Crippen LogP contribution in [0.25, 0.3) is 0 Å². The molecule has 0 aliphatic heterocycles. The van der Waals surface area contributed by atoms with Gasteiger partial charge >= 0.3 is 5.97 Å². The quantitative estimate of drug-likeness (QED) is 0.769. The van der Waals surface area contributed by atoms with Crippen LogP contribution in [0.15, 0.2) is 24.3 Å². The SMILES string of the molecule is CCN(C(=O)CCCCC(=O)O)c1ccc(C)cc1. The molecule has 0 saturated carbocycles. The van der Waals surface area contributed by atoms with E-state index in [-0.39, 0.29) is 12.3 Å². The Hall–Kier alpha value is -1.84. The number of benzene rings is 1. The number of rotatable bonds is 7. The number of carbonyl (C=O) groups is 2. The summed E-state index contributed by atoms with van der Waals surface area (Å²) < 4.78 is 0. The van der Waals surface area contributed by atoms with Gasteiger partial charge in [0.2, 0.25) is 5.91 Å². The van der Waals surface area contributed by atoms with E-state index in [9.17, 15) is 9.59 Å². The van der Waals surface area contributed by atoms with Crippen LogP contribution in [0, 0.1) is 6.92 Å². The van der Waals surface area contributed by atoms with Gasteiger partial charge in [-0.2, -0.15) is 0 Å². The monoisotopic (exact) mass is 263 g/mol. The third-order valence-corrected chi connectivity index (χ3v) is 2.99. The topological polar surface area (TPSA) is 57.6 Å². The van der Waals surface area contributed by atoms with E-state index in [4.69, 9.17) is 5.11 Å². The average Bonchev–Trinajstić information content (AvgIpc) is 2.37. The Morgan fingerprint density at radius 1 is 1.11 bits per heavy atom. The van der Waals surface area contributed by atoms with E-state index in [1.165, 1.54) is 0 Å². The number of aliphatic carboxylic acids is 1. The zero-order valence-electron chi connectivity index (χ0n) is 11.6. The zero-order chi connectivity index (χ0) is 14.3. The Balaban J connectivity index is 2.52. The Bertz CT molecular complexity index is 426. The molecule has 0 saturated heterocycles. The molecule has 0 bridgehead atoms. The van der Waals surface area contributed by atoms with Crippen LogP contribution in [0.3, 0.4) is 0 Å². The van der Waals surface area contributed by atoms with Crippen LogP contribution in [0.4, 0.5) is 5.69 Å². The van der Waals surface area contributed by atoms with E-state index in [1.807, 2.05) is 38.1 Å². The van der Waals surface area contributed by atoms with Crippen molar-refractivity contribution in [3.05, 3.63) is 29.8 Å². The molecule has 104 valence electrons. The second kappa shape index (κ2) is 7.56. The lowest BCUT2D eigenvalue weighted by Crippen LogP contribution is -2.30. The molecule has 1 aromatic rings. The summed E-state index contributed by atoms with van der Waals surface area (Å²) in [5, 5.41) is 8.54. The van der Waals surface area contributed by atoms with Crippen LogP contribution in [-0.2, 0) is 9.59 Å². The number of carboxylic acid groups (broad SMARTS) is 1. The largest absolute Gasteiger partial charge is 0.481 e. The molecule has 1 amide bonds. The first kappa shape index (κ1) is 15.2. The Morgan fingerprint density at radius 2 is 1.68 bits per heavy atom. The second-order valence-electron chi connectivity index (χ2n) is 4.57. The van der Waals surface area contributed by atoms with Gasteiger partial charge in [0.1, 0.15) is 0 Å². The molecule has 1 rings (SSSR count). The fraction of sp³-hybridized carbons (Fsp3) is 0.467. The maximum atomic E-state index is 12.1. The summed E-state index contributed by atoms with van der Waals surface area (Å²) in [6.07, 6.45) is 1.69. The molecule has 0 unspecified atom stereocenters. The third-order valence-electron chi connectivity index (χ3n) is 2.99. The lowest BCUT2D eigenvalue weighted by atomic mass is 10.1. The molecule has 0 aliphatic carbocycles. The van der Waals surface area contributed by atoms with Gasteiger partial charge in [-0.25, -0.2) is 0 Å². The van der Waals surface area contributed by atoms with E-state index in [2.05, 4.69) is 0 Å². The fourth-order valence-corrected chi connectivity index (χ4v) is 1.92. The van der Waals surface area contributed by atoms with Crippen LogP contribution in [0.2, 0.25) is 0 Å². The average molecular weight is 263 g/mol. The Morgan fingerprint density at radius 3 is 2.21 bits per heavy atom. The van der Waals surface area contributed by atoms with Crippen LogP contribution in [0.5, 0.6) is 0 Å². The van der Waals surface area contributed by atoms with E-state index in [0.29, 0.717) is 25.8 Å². The van der Waals surface area contributed by atoms with Crippen molar-refractivity contribution in [3.8, 4) is 0 Å². The summed E-state index contributed by atoms with van der Waals surface area (Å²) in [7, 11) is 0. The third kappa shape index (κ3) is 5.12. The normalized spacial score (nSPS) is 10.2. The number of unbranched alkanes of at least 4 members (excludes halogenated alkanes) is 1. The second-order valence-corrected chi connectivity index (χ2v) is 4.57. The van der Waals surface area contributed by atoms with Gasteiger partial charge in [-0.1, -0.05) is 17.7 Å². The first-order chi connectivity index (χ1) is 9.04. The highest BCUT2D eigenvalue weighted by atomic mass is 16.4. The molecular formula is C15H21NO3. The highest BCUT2D eigenvalue weighted by Crippen LogP contribution is 2.16. The minimum absolute atomic E-state index is 0.0525. The fourth-order valence-electron chi connectivity index (χ4n) is 1.92. The molecule has 0 fully saturated rings. The van der Waals surface area contributed by atoms with E-state index >= 15 is 0 Å². The molecule has 1 aromatic carbocycles. The standard InChI is InChI=1S/C15H21NO3/c1-3-16(13-10-8-12(2)9-11-13)14(17)6-4-5-7-15(18)19/h8-11H,3-7H2,1-2H3,(H,18,19). The summed E-state index contributed by atoms with van der Waals surface area (Å²) in [5.41, 5.74) is 2.06. The van der Waals surface area contributed by atoms with Crippen LogP contribution in [0.1, 0.15) is 38.2 Å². The molecule has 0 aliphatic rings. The van der Waals surface area contributed by atoms with Gasteiger partial charge < -0.3 is 10.0 Å². The van der Waals surface area contributed by atoms with E-state index < -0.39 is 5.97 Å². The molecule has 0 atom stereocenters. The van der Waals surface area contributed by atoms with Crippen molar-refractivity contribution in [2.24, 2.45) is 0 Å². The molecule has 19 heavy (non-hydrogen) atoms. The number of hydrogen-bond donors (Lipinski definition) is 1. The van der Waals surface area contributed by atoms with Crippen LogP contribution in [-0.4, -0.2) is 23.5 Å². The van der Waals surface area contributed by atoms with E-state index in [0.717, 1.165) is 11.3 Å². The molecule has 0 spiro atoms. The number of hydrogen-bond acceptors (Lipinski definition) is 2. The molecule has 1 N–H and O–H groups in total. The van der Waals surface area contributed by atoms with E-state index in [1.54, 1.807) is 4.90 Å². The summed E-state index contributed by atoms with van der Waals surface area (Å²) >= 11 is 0. The molecule has 4 nitrogen and oxygen atoms in total. The van der Waals surface area contributed by atoms with Gasteiger partial charge in [0, 0.05) is 25.1 Å². The predicted octanol–water partition coefficient (Wildman–Crippen LogP) is 2.99. The first-order valence-electron chi connectivity index (χ1n) is 6.63. The summed E-state index contributed by atoms with van der Waals surface area (Å²) in [4.78, 5) is 24.2. The summed E-state index contributed by atoms with van der Waals surface area (Å²) in [5.74, 6) is -0.755. The summed E-state index contributed by atoms with van der Waals surface area (Å²) in [6, 6.07) is 7.84. The van der Waals surface area contributed by atoms with Crippen molar-refractivity contribution < 1.29 is 14.7 Å². The predicted molar refractivity (Wildman–Crippen MR) is 75.3 cm³/mol. The van der Waals surface area contributed by atoms with Crippen molar-refractivity contribution >= 4 is 17.6 Å². The van der Waals surface area contributed by atoms with Gasteiger partial charge in [-0.3, -0.25) is 9.59 Å². The minimum atomic E-state index is -0.807. The van der Waals surface area contributed by atoms with Crippen molar-refractivity contribution in [1.29, 1.82) is 0 Å². The molecule has 0 radical (unpaired) electrons. The maximum Gasteiger partial charge on any atom is 0.303 e. The lowest BCUT2D eigenvalue weighted by molar-refractivity contribution is -0.137. The summed E-state index contributed by atoms with van der Waals surface area (Å²) in [6.45, 7) is 4.57. The van der Waals surface area contributed by atoms with Gasteiger partial charge in [-0.05, 0) is 38.8 Å². The minimum Gasteiger partial charge on any atom is -0.481 e. The Labute approximate surface area is 114 Å². The maximum absolute atomic E-state index is 12.1. The zero-order valence-corrected chi connectivity index (χ0v) is 11.6. The molecule has 4 heteroatoms. The molecule has 0 aromatic heterocycles. The van der Waals surface area contributed by atoms with Crippen molar-refractivity contribution in [2.75, 3.05) is 11.4 Å². The van der Waals surface area contributed by atoms with Crippen LogP contribution < -0.4 is 4.90 Å². The first-order valence-corrected chi connectivity index (χ1v) is 6.63. The smallest absolute Gasteiger partial charge is 0.303 e. The number of aryl methyl sites for hydroxylation is 1. The number of anilines is 1. The van der Waals surface area contributed by atoms with Crippen molar-refractivity contribution in [3.63, 3.8) is 0 Å². The number of carboxylic acids is 1. The van der Waals surface area contributed by atoms with Gasteiger partial charge in [0.05, 0.1) is 0 Å². The number of carbonyl (C=O) groups excluding carboxylic acids is 1. The molecular weight excluding hydrogens is 242 g/mol.